The van der Waals surface area contributed by atoms with Crippen molar-refractivity contribution in [1.29, 1.82) is 0 Å². The molecule has 2 heteroatoms. The fourth-order valence-electron chi connectivity index (χ4n) is 2.23. The molecular weight excluding hydrogens is 234 g/mol. The molecule has 1 rings (SSSR count). The van der Waals surface area contributed by atoms with Gasteiger partial charge in [-0.3, -0.25) is 0 Å². The van der Waals surface area contributed by atoms with Crippen LogP contribution in [0, 0.1) is 12.8 Å². The highest BCUT2D eigenvalue weighted by Gasteiger charge is 2.11. The number of hydrogen-bond donors (Lipinski definition) is 1. The number of benzene rings is 1. The van der Waals surface area contributed by atoms with Gasteiger partial charge in [0.15, 0.2) is 0 Å². The molecule has 0 aromatic heterocycles. The van der Waals surface area contributed by atoms with Crippen LogP contribution in [-0.4, -0.2) is 13.2 Å². The van der Waals surface area contributed by atoms with Crippen molar-refractivity contribution in [3.05, 3.63) is 29.3 Å². The quantitative estimate of drug-likeness (QED) is 0.698. The predicted octanol–water partition coefficient (Wildman–Crippen LogP) is 4.48. The van der Waals surface area contributed by atoms with Crippen molar-refractivity contribution in [1.82, 2.24) is 5.32 Å². The minimum Gasteiger partial charge on any atom is -0.493 e. The van der Waals surface area contributed by atoms with E-state index < -0.39 is 0 Å². The van der Waals surface area contributed by atoms with Gasteiger partial charge >= 0.3 is 0 Å². The Morgan fingerprint density at radius 1 is 1.21 bits per heavy atom. The standard InChI is InChI=1S/C17H29NO/c1-6-18-15(5)16-12-14(4)9-10-17(16)19-11-7-8-13(2)3/h9-10,12-13,15,18H,6-8,11H2,1-5H3. The molecule has 0 aliphatic heterocycles. The van der Waals surface area contributed by atoms with Gasteiger partial charge in [-0.2, -0.15) is 0 Å². The van der Waals surface area contributed by atoms with Gasteiger partial charge < -0.3 is 10.1 Å². The lowest BCUT2D eigenvalue weighted by Gasteiger charge is -2.18. The summed E-state index contributed by atoms with van der Waals surface area (Å²) in [6, 6.07) is 6.80. The summed E-state index contributed by atoms with van der Waals surface area (Å²) in [4.78, 5) is 0. The molecule has 0 aliphatic carbocycles. The first kappa shape index (κ1) is 16.0. The minimum atomic E-state index is 0.338. The Bertz CT molecular complexity index is 374. The van der Waals surface area contributed by atoms with E-state index in [0.29, 0.717) is 6.04 Å². The Balaban J connectivity index is 2.65. The third-order valence-corrected chi connectivity index (χ3v) is 3.33. The molecule has 0 amide bonds. The van der Waals surface area contributed by atoms with Gasteiger partial charge in [-0.15, -0.1) is 0 Å². The lowest BCUT2D eigenvalue weighted by atomic mass is 10.0. The lowest BCUT2D eigenvalue weighted by molar-refractivity contribution is 0.292. The van der Waals surface area contributed by atoms with Crippen molar-refractivity contribution in [3.63, 3.8) is 0 Å². The van der Waals surface area contributed by atoms with Crippen molar-refractivity contribution in [2.24, 2.45) is 5.92 Å². The third-order valence-electron chi connectivity index (χ3n) is 3.33. The monoisotopic (exact) mass is 263 g/mol. The Hall–Kier alpha value is -1.02. The van der Waals surface area contributed by atoms with Crippen LogP contribution in [0.1, 0.15) is 57.7 Å². The Morgan fingerprint density at radius 2 is 1.95 bits per heavy atom. The average molecular weight is 263 g/mol. The number of nitrogens with one attached hydrogen (secondary N) is 1. The third kappa shape index (κ3) is 5.65. The summed E-state index contributed by atoms with van der Waals surface area (Å²) in [5.41, 5.74) is 2.56. The first-order chi connectivity index (χ1) is 9.04. The summed E-state index contributed by atoms with van der Waals surface area (Å²) in [5, 5.41) is 3.46. The minimum absolute atomic E-state index is 0.338. The van der Waals surface area contributed by atoms with E-state index >= 15 is 0 Å². The molecule has 2 nitrogen and oxygen atoms in total. The molecule has 1 unspecified atom stereocenters. The zero-order chi connectivity index (χ0) is 14.3. The van der Waals surface area contributed by atoms with Crippen molar-refractivity contribution >= 4 is 0 Å². The SMILES string of the molecule is CCNC(C)c1cc(C)ccc1OCCCC(C)C. The maximum atomic E-state index is 5.97. The van der Waals surface area contributed by atoms with Crippen LogP contribution < -0.4 is 10.1 Å². The largest absolute Gasteiger partial charge is 0.493 e. The molecule has 0 heterocycles. The van der Waals surface area contributed by atoms with E-state index in [0.717, 1.165) is 31.2 Å². The summed E-state index contributed by atoms with van der Waals surface area (Å²) in [5.74, 6) is 1.78. The first-order valence-electron chi connectivity index (χ1n) is 7.51. The zero-order valence-corrected chi connectivity index (χ0v) is 13.1. The van der Waals surface area contributed by atoms with Gasteiger partial charge in [0.05, 0.1) is 6.61 Å². The molecule has 108 valence electrons. The molecule has 1 atom stereocenters. The van der Waals surface area contributed by atoms with Crippen LogP contribution in [0.15, 0.2) is 18.2 Å². The second kappa shape index (κ2) is 8.21. The molecule has 0 aliphatic rings. The van der Waals surface area contributed by atoms with Gasteiger partial charge in [0.1, 0.15) is 5.75 Å². The lowest BCUT2D eigenvalue weighted by Crippen LogP contribution is -2.18. The molecule has 0 radical (unpaired) electrons. The Kier molecular flexibility index (Phi) is 6.93. The van der Waals surface area contributed by atoms with E-state index in [4.69, 9.17) is 4.74 Å². The topological polar surface area (TPSA) is 21.3 Å². The van der Waals surface area contributed by atoms with Gasteiger partial charge in [0.2, 0.25) is 0 Å². The van der Waals surface area contributed by atoms with Crippen molar-refractivity contribution in [2.45, 2.75) is 53.5 Å². The van der Waals surface area contributed by atoms with Gasteiger partial charge in [0.25, 0.3) is 0 Å². The Labute approximate surface area is 118 Å². The van der Waals surface area contributed by atoms with Crippen molar-refractivity contribution in [2.75, 3.05) is 13.2 Å². The second-order valence-corrected chi connectivity index (χ2v) is 5.71. The summed E-state index contributed by atoms with van der Waals surface area (Å²) in [6.07, 6.45) is 2.35. The molecule has 1 aromatic rings. The van der Waals surface area contributed by atoms with Crippen LogP contribution in [-0.2, 0) is 0 Å². The van der Waals surface area contributed by atoms with Gasteiger partial charge in [-0.25, -0.2) is 0 Å². The van der Waals surface area contributed by atoms with E-state index in [-0.39, 0.29) is 0 Å². The molecule has 19 heavy (non-hydrogen) atoms. The summed E-state index contributed by atoms with van der Waals surface area (Å²) in [6.45, 7) is 12.8. The summed E-state index contributed by atoms with van der Waals surface area (Å²) in [7, 11) is 0. The second-order valence-electron chi connectivity index (χ2n) is 5.71. The number of aryl methyl sites for hydroxylation is 1. The van der Waals surface area contributed by atoms with E-state index in [1.54, 1.807) is 0 Å². The van der Waals surface area contributed by atoms with Crippen molar-refractivity contribution in [3.8, 4) is 5.75 Å². The molecule has 0 spiro atoms. The smallest absolute Gasteiger partial charge is 0.124 e. The molecule has 0 fully saturated rings. The highest BCUT2D eigenvalue weighted by atomic mass is 16.5. The van der Waals surface area contributed by atoms with Gasteiger partial charge in [-0.1, -0.05) is 38.5 Å². The molecule has 0 saturated heterocycles. The van der Waals surface area contributed by atoms with Crippen LogP contribution in [0.2, 0.25) is 0 Å². The maximum Gasteiger partial charge on any atom is 0.124 e. The normalized spacial score (nSPS) is 12.7. The van der Waals surface area contributed by atoms with E-state index in [1.165, 1.54) is 17.5 Å². The van der Waals surface area contributed by atoms with Crippen molar-refractivity contribution < 1.29 is 4.74 Å². The van der Waals surface area contributed by atoms with Gasteiger partial charge in [0, 0.05) is 11.6 Å². The highest BCUT2D eigenvalue weighted by Crippen LogP contribution is 2.26. The summed E-state index contributed by atoms with van der Waals surface area (Å²) < 4.78 is 5.97. The van der Waals surface area contributed by atoms with Crippen LogP contribution >= 0.6 is 0 Å². The van der Waals surface area contributed by atoms with E-state index in [9.17, 15) is 0 Å². The van der Waals surface area contributed by atoms with Crippen LogP contribution in [0.5, 0.6) is 5.75 Å². The van der Waals surface area contributed by atoms with Crippen LogP contribution in [0.4, 0.5) is 0 Å². The molecule has 0 bridgehead atoms. The van der Waals surface area contributed by atoms with Gasteiger partial charge in [-0.05, 0) is 45.2 Å². The fraction of sp³-hybridized carbons (Fsp3) is 0.647. The average Bonchev–Trinajstić information content (AvgIpc) is 2.36. The number of ether oxygens (including phenoxy) is 1. The Morgan fingerprint density at radius 3 is 2.58 bits per heavy atom. The molecule has 1 N–H and O–H groups in total. The van der Waals surface area contributed by atoms with Crippen LogP contribution in [0.25, 0.3) is 0 Å². The molecule has 1 aromatic carbocycles. The molecular formula is C17H29NO. The van der Waals surface area contributed by atoms with E-state index in [2.05, 4.69) is 58.1 Å². The predicted molar refractivity (Wildman–Crippen MR) is 82.8 cm³/mol. The fourth-order valence-corrected chi connectivity index (χ4v) is 2.23. The zero-order valence-electron chi connectivity index (χ0n) is 13.1. The first-order valence-corrected chi connectivity index (χ1v) is 7.51. The highest BCUT2D eigenvalue weighted by molar-refractivity contribution is 5.38. The number of rotatable bonds is 8. The van der Waals surface area contributed by atoms with Crippen LogP contribution in [0.3, 0.4) is 0 Å². The van der Waals surface area contributed by atoms with E-state index in [1.807, 2.05) is 0 Å². The summed E-state index contributed by atoms with van der Waals surface area (Å²) >= 11 is 0. The molecule has 0 saturated carbocycles. The number of hydrogen-bond acceptors (Lipinski definition) is 2. The maximum absolute atomic E-state index is 5.97.